The Labute approximate surface area is 274 Å². The van der Waals surface area contributed by atoms with Crippen molar-refractivity contribution in [2.24, 2.45) is 11.7 Å². The van der Waals surface area contributed by atoms with Gasteiger partial charge in [-0.1, -0.05) is 48.5 Å². The van der Waals surface area contributed by atoms with Gasteiger partial charge in [0, 0.05) is 35.3 Å². The summed E-state index contributed by atoms with van der Waals surface area (Å²) in [5.74, 6) is -1.88. The molecule has 248 valence electrons. The number of amides is 3. The Morgan fingerprint density at radius 1 is 1.13 bits per heavy atom. The van der Waals surface area contributed by atoms with E-state index < -0.39 is 34.4 Å². The molecule has 1 aliphatic rings. The molecule has 0 radical (unpaired) electrons. The lowest BCUT2D eigenvalue weighted by Gasteiger charge is -2.40. The maximum atomic E-state index is 14.2. The Bertz CT molecular complexity index is 1720. The number of aldehydes is 1. The number of anilines is 1. The van der Waals surface area contributed by atoms with E-state index in [4.69, 9.17) is 10.6 Å². The number of nitrogens with two attached hydrogens (primary N) is 1. The van der Waals surface area contributed by atoms with E-state index in [1.54, 1.807) is 37.9 Å². The van der Waals surface area contributed by atoms with Crippen LogP contribution in [0.2, 0.25) is 0 Å². The fraction of sp³-hybridized carbons (Fsp3) is 0.400. The van der Waals surface area contributed by atoms with Crippen LogP contribution in [0.1, 0.15) is 58.1 Å². The zero-order valence-corrected chi connectivity index (χ0v) is 27.2. The third kappa shape index (κ3) is 6.84. The Balaban J connectivity index is 1.49. The summed E-state index contributed by atoms with van der Waals surface area (Å²) in [5.41, 5.74) is 4.87. The van der Waals surface area contributed by atoms with Crippen molar-refractivity contribution in [2.45, 2.75) is 76.1 Å². The Morgan fingerprint density at radius 3 is 2.49 bits per heavy atom. The number of hydrogen-bond donors (Lipinski definition) is 4. The minimum atomic E-state index is -1.67. The van der Waals surface area contributed by atoms with Gasteiger partial charge in [0.1, 0.15) is 11.1 Å². The fourth-order valence-electron chi connectivity index (χ4n) is 6.46. The third-order valence-corrected chi connectivity index (χ3v) is 8.91. The van der Waals surface area contributed by atoms with E-state index in [2.05, 4.69) is 20.6 Å². The molecular weight excluding hydrogens is 598 g/mol. The normalized spacial score (nSPS) is 18.2. The van der Waals surface area contributed by atoms with Crippen LogP contribution in [0.15, 0.2) is 73.3 Å². The smallest absolute Gasteiger partial charge is 0.245 e. The lowest BCUT2D eigenvalue weighted by atomic mass is 9.82. The van der Waals surface area contributed by atoms with E-state index in [0.717, 1.165) is 52.8 Å². The molecule has 1 aliphatic heterocycles. The number of nitrogens with zero attached hydrogens (tertiary/aromatic N) is 3. The van der Waals surface area contributed by atoms with Crippen LogP contribution >= 0.6 is 0 Å². The van der Waals surface area contributed by atoms with Crippen LogP contribution in [0.5, 0.6) is 0 Å². The minimum Gasteiger partial charge on any atom is -0.368 e. The van der Waals surface area contributed by atoms with Gasteiger partial charge in [-0.25, -0.2) is 10.0 Å². The lowest BCUT2D eigenvalue weighted by Crippen LogP contribution is -2.58. The summed E-state index contributed by atoms with van der Waals surface area (Å²) in [6, 6.07) is 17.0. The summed E-state index contributed by atoms with van der Waals surface area (Å²) in [7, 11) is 0. The summed E-state index contributed by atoms with van der Waals surface area (Å²) in [4.78, 5) is 66.0. The largest absolute Gasteiger partial charge is 0.368 e. The molecule has 4 aromatic rings. The standard InChI is InChI=1S/C35H43N7O5/c1-33(2,3)47-42(23-44)34(4,32(36)46)18-24(17-25-19-38-28-14-9-8-13-27(25)28)31(45)40-30-20-41(22-39-30)35(21-43,29-15-10-16-37-29)26-11-6-5-7-12-26/h5-9,11-14,19-24,29,37-38H,10,15-18H2,1-4H3,(H2,36,46)(H,40,45)/t24-,29?,34?,35?/m1/s1. The van der Waals surface area contributed by atoms with Gasteiger partial charge in [0.15, 0.2) is 12.1 Å². The topological polar surface area (TPSA) is 164 Å². The van der Waals surface area contributed by atoms with Gasteiger partial charge in [0.05, 0.1) is 11.9 Å². The minimum absolute atomic E-state index is 0.141. The van der Waals surface area contributed by atoms with Gasteiger partial charge in [-0.2, -0.15) is 0 Å². The highest BCUT2D eigenvalue weighted by Gasteiger charge is 2.45. The van der Waals surface area contributed by atoms with Crippen molar-refractivity contribution in [3.63, 3.8) is 0 Å². The molecule has 2 aromatic heterocycles. The number of carbonyl (C=O) groups is 4. The Hall–Kier alpha value is -4.81. The van der Waals surface area contributed by atoms with Crippen molar-refractivity contribution >= 4 is 41.2 Å². The molecule has 0 aliphatic carbocycles. The predicted octanol–water partition coefficient (Wildman–Crippen LogP) is 3.68. The average Bonchev–Trinajstić information content (AvgIpc) is 3.83. The number of rotatable bonds is 14. The highest BCUT2D eigenvalue weighted by Crippen LogP contribution is 2.34. The van der Waals surface area contributed by atoms with Crippen molar-refractivity contribution in [3.05, 3.63) is 84.4 Å². The zero-order chi connectivity index (χ0) is 33.8. The van der Waals surface area contributed by atoms with Crippen molar-refractivity contribution in [2.75, 3.05) is 11.9 Å². The molecule has 4 atom stereocenters. The molecule has 12 heteroatoms. The van der Waals surface area contributed by atoms with Crippen LogP contribution in [0.4, 0.5) is 5.82 Å². The second-order valence-corrected chi connectivity index (χ2v) is 13.4. The average molecular weight is 642 g/mol. The third-order valence-electron chi connectivity index (χ3n) is 8.91. The zero-order valence-electron chi connectivity index (χ0n) is 27.2. The quantitative estimate of drug-likeness (QED) is 0.121. The van der Waals surface area contributed by atoms with Gasteiger partial charge in [-0.3, -0.25) is 19.2 Å². The first kappa shape index (κ1) is 33.6. The first-order valence-corrected chi connectivity index (χ1v) is 15.8. The molecule has 12 nitrogen and oxygen atoms in total. The van der Waals surface area contributed by atoms with E-state index in [1.165, 1.54) is 6.92 Å². The number of carbonyl (C=O) groups excluding carboxylic acids is 4. The van der Waals surface area contributed by atoms with E-state index in [1.807, 2.05) is 60.8 Å². The summed E-state index contributed by atoms with van der Waals surface area (Å²) in [5, 5.41) is 8.21. The first-order valence-electron chi connectivity index (χ1n) is 15.8. The van der Waals surface area contributed by atoms with Crippen molar-refractivity contribution in [1.29, 1.82) is 0 Å². The van der Waals surface area contributed by atoms with Crippen LogP contribution in [0, 0.1) is 5.92 Å². The van der Waals surface area contributed by atoms with Crippen LogP contribution in [-0.2, 0) is 36.0 Å². The second-order valence-electron chi connectivity index (χ2n) is 13.4. The van der Waals surface area contributed by atoms with Crippen molar-refractivity contribution in [1.82, 2.24) is 24.9 Å². The monoisotopic (exact) mass is 641 g/mol. The summed E-state index contributed by atoms with van der Waals surface area (Å²) < 4.78 is 1.74. The molecule has 3 heterocycles. The van der Waals surface area contributed by atoms with Crippen molar-refractivity contribution < 1.29 is 24.0 Å². The second kappa shape index (κ2) is 13.5. The number of fused-ring (bicyclic) bond motifs is 1. The maximum absolute atomic E-state index is 14.2. The highest BCUT2D eigenvalue weighted by atomic mass is 16.7. The van der Waals surface area contributed by atoms with Gasteiger partial charge >= 0.3 is 0 Å². The first-order chi connectivity index (χ1) is 22.4. The van der Waals surface area contributed by atoms with E-state index in [9.17, 15) is 19.2 Å². The molecule has 3 unspecified atom stereocenters. The van der Waals surface area contributed by atoms with Crippen LogP contribution in [0.25, 0.3) is 10.9 Å². The number of benzene rings is 2. The number of para-hydroxylation sites is 1. The van der Waals surface area contributed by atoms with Gasteiger partial charge in [0.25, 0.3) is 0 Å². The SMILES string of the molecule is CC(C)(C)ON(C=O)C(C)(C[C@@H](Cc1c[nH]c2ccccc12)C(=O)Nc1cn(C(C=O)(c2ccccc2)C2CCCN2)cn1)C(N)=O. The van der Waals surface area contributed by atoms with Crippen molar-refractivity contribution in [3.8, 4) is 0 Å². The lowest BCUT2D eigenvalue weighted by molar-refractivity contribution is -0.251. The number of hydroxylamine groups is 2. The molecule has 47 heavy (non-hydrogen) atoms. The van der Waals surface area contributed by atoms with Gasteiger partial charge < -0.3 is 30.7 Å². The molecule has 5 N–H and O–H groups in total. The predicted molar refractivity (Wildman–Crippen MR) is 178 cm³/mol. The van der Waals surface area contributed by atoms with Gasteiger partial charge in [-0.15, -0.1) is 0 Å². The molecule has 1 fully saturated rings. The Kier molecular flexibility index (Phi) is 9.64. The summed E-state index contributed by atoms with van der Waals surface area (Å²) in [6.07, 6.45) is 8.16. The molecule has 2 aromatic carbocycles. The number of imidazole rings is 1. The molecule has 5 rings (SSSR count). The number of aromatic nitrogens is 3. The van der Waals surface area contributed by atoms with Gasteiger partial charge in [-0.05, 0) is 77.1 Å². The fourth-order valence-corrected chi connectivity index (χ4v) is 6.46. The van der Waals surface area contributed by atoms with Crippen LogP contribution in [0.3, 0.4) is 0 Å². The molecule has 0 bridgehead atoms. The van der Waals surface area contributed by atoms with Gasteiger partial charge in [0.2, 0.25) is 18.2 Å². The molecule has 0 saturated carbocycles. The summed E-state index contributed by atoms with van der Waals surface area (Å²) >= 11 is 0. The Morgan fingerprint density at radius 2 is 1.85 bits per heavy atom. The molecule has 3 amide bonds. The number of primary amides is 1. The summed E-state index contributed by atoms with van der Waals surface area (Å²) in [6.45, 7) is 7.51. The number of H-pyrrole nitrogens is 1. The molecular formula is C35H43N7O5. The number of aromatic amines is 1. The van der Waals surface area contributed by atoms with Crippen LogP contribution in [-0.4, -0.2) is 67.8 Å². The number of nitrogens with one attached hydrogen (secondary N) is 3. The highest BCUT2D eigenvalue weighted by molar-refractivity contribution is 5.94. The molecule has 0 spiro atoms. The van der Waals surface area contributed by atoms with E-state index >= 15 is 0 Å². The maximum Gasteiger partial charge on any atom is 0.245 e. The van der Waals surface area contributed by atoms with Crippen LogP contribution < -0.4 is 16.4 Å². The molecule has 1 saturated heterocycles. The van der Waals surface area contributed by atoms with E-state index in [-0.39, 0.29) is 24.7 Å². The number of hydrogen-bond acceptors (Lipinski definition) is 7. The van der Waals surface area contributed by atoms with E-state index in [0.29, 0.717) is 6.41 Å².